The standard InChI is InChI=1S/C12H21N3O/c1-2-3-9-16-10-5-6-13-11-12-14-7-4-8-15-12/h4,7-8,13H,2-3,5-6,9-11H2,1H3. The summed E-state index contributed by atoms with van der Waals surface area (Å²) in [4.78, 5) is 8.26. The van der Waals surface area contributed by atoms with Crippen LogP contribution in [-0.2, 0) is 11.3 Å². The zero-order chi connectivity index (χ0) is 11.5. The Kier molecular flexibility index (Phi) is 7.55. The van der Waals surface area contributed by atoms with Crippen LogP contribution in [0.4, 0.5) is 0 Å². The van der Waals surface area contributed by atoms with Gasteiger partial charge in [0.05, 0.1) is 6.54 Å². The molecule has 0 bridgehead atoms. The molecule has 4 heteroatoms. The lowest BCUT2D eigenvalue weighted by Gasteiger charge is -2.04. The van der Waals surface area contributed by atoms with Gasteiger partial charge in [-0.25, -0.2) is 9.97 Å². The zero-order valence-corrected chi connectivity index (χ0v) is 9.98. The topological polar surface area (TPSA) is 47.0 Å². The molecule has 0 aromatic carbocycles. The van der Waals surface area contributed by atoms with Gasteiger partial charge in [-0.15, -0.1) is 0 Å². The van der Waals surface area contributed by atoms with Crippen molar-refractivity contribution in [3.63, 3.8) is 0 Å². The van der Waals surface area contributed by atoms with Gasteiger partial charge >= 0.3 is 0 Å². The molecule has 0 saturated carbocycles. The van der Waals surface area contributed by atoms with Crippen molar-refractivity contribution in [2.45, 2.75) is 32.7 Å². The third-order valence-corrected chi connectivity index (χ3v) is 2.19. The van der Waals surface area contributed by atoms with Crippen molar-refractivity contribution >= 4 is 0 Å². The monoisotopic (exact) mass is 223 g/mol. The predicted octanol–water partition coefficient (Wildman–Crippen LogP) is 1.77. The van der Waals surface area contributed by atoms with E-state index in [1.807, 2.05) is 6.07 Å². The average molecular weight is 223 g/mol. The fourth-order valence-electron chi connectivity index (χ4n) is 1.27. The molecule has 90 valence electrons. The Morgan fingerprint density at radius 1 is 1.19 bits per heavy atom. The minimum absolute atomic E-state index is 0.732. The molecule has 0 aliphatic rings. The van der Waals surface area contributed by atoms with Gasteiger partial charge in [0.1, 0.15) is 5.82 Å². The first kappa shape index (κ1) is 13.1. The minimum atomic E-state index is 0.732. The predicted molar refractivity (Wildman–Crippen MR) is 64.1 cm³/mol. The molecule has 0 saturated heterocycles. The second-order valence-electron chi connectivity index (χ2n) is 3.66. The van der Waals surface area contributed by atoms with Crippen LogP contribution < -0.4 is 5.32 Å². The first-order valence-electron chi connectivity index (χ1n) is 5.98. The zero-order valence-electron chi connectivity index (χ0n) is 9.98. The molecule has 0 aliphatic heterocycles. The first-order chi connectivity index (χ1) is 7.93. The highest BCUT2D eigenvalue weighted by molar-refractivity contribution is 4.87. The van der Waals surface area contributed by atoms with Gasteiger partial charge in [-0.1, -0.05) is 13.3 Å². The molecule has 0 unspecified atom stereocenters. The van der Waals surface area contributed by atoms with Crippen molar-refractivity contribution < 1.29 is 4.74 Å². The maximum absolute atomic E-state index is 5.46. The molecule has 0 aliphatic carbocycles. The average Bonchev–Trinajstić information content (AvgIpc) is 2.34. The van der Waals surface area contributed by atoms with E-state index < -0.39 is 0 Å². The molecule has 4 nitrogen and oxygen atoms in total. The van der Waals surface area contributed by atoms with Crippen LogP contribution in [0.15, 0.2) is 18.5 Å². The second kappa shape index (κ2) is 9.24. The van der Waals surface area contributed by atoms with Crippen molar-refractivity contribution in [2.75, 3.05) is 19.8 Å². The Morgan fingerprint density at radius 2 is 1.94 bits per heavy atom. The molecular formula is C12H21N3O. The number of hydrogen-bond donors (Lipinski definition) is 1. The van der Waals surface area contributed by atoms with Crippen molar-refractivity contribution in [1.29, 1.82) is 0 Å². The Hall–Kier alpha value is -1.00. The molecule has 0 fully saturated rings. The summed E-state index contributed by atoms with van der Waals surface area (Å²) in [5.74, 6) is 0.842. The van der Waals surface area contributed by atoms with E-state index in [4.69, 9.17) is 4.74 Å². The highest BCUT2D eigenvalue weighted by Gasteiger charge is 1.93. The van der Waals surface area contributed by atoms with Crippen molar-refractivity contribution in [3.05, 3.63) is 24.3 Å². The smallest absolute Gasteiger partial charge is 0.141 e. The van der Waals surface area contributed by atoms with E-state index in [-0.39, 0.29) is 0 Å². The SMILES string of the molecule is CCCCOCCCNCc1ncccn1. The van der Waals surface area contributed by atoms with E-state index in [1.165, 1.54) is 6.42 Å². The van der Waals surface area contributed by atoms with E-state index in [9.17, 15) is 0 Å². The number of unbranched alkanes of at least 4 members (excludes halogenated alkanes) is 1. The summed E-state index contributed by atoms with van der Waals surface area (Å²) in [6, 6.07) is 1.82. The number of aromatic nitrogens is 2. The van der Waals surface area contributed by atoms with Crippen LogP contribution in [0.3, 0.4) is 0 Å². The lowest BCUT2D eigenvalue weighted by atomic mass is 10.3. The number of nitrogens with one attached hydrogen (secondary N) is 1. The molecule has 0 radical (unpaired) electrons. The van der Waals surface area contributed by atoms with E-state index in [1.54, 1.807) is 12.4 Å². The maximum atomic E-state index is 5.46. The van der Waals surface area contributed by atoms with Crippen LogP contribution in [0.1, 0.15) is 32.0 Å². The van der Waals surface area contributed by atoms with Crippen molar-refractivity contribution in [2.24, 2.45) is 0 Å². The second-order valence-corrected chi connectivity index (χ2v) is 3.66. The Morgan fingerprint density at radius 3 is 2.69 bits per heavy atom. The van der Waals surface area contributed by atoms with Gasteiger partial charge in [-0.05, 0) is 25.5 Å². The summed E-state index contributed by atoms with van der Waals surface area (Å²) in [6.07, 6.45) is 6.92. The first-order valence-corrected chi connectivity index (χ1v) is 5.98. The van der Waals surface area contributed by atoms with Crippen molar-refractivity contribution in [1.82, 2.24) is 15.3 Å². The van der Waals surface area contributed by atoms with Crippen molar-refractivity contribution in [3.8, 4) is 0 Å². The van der Waals surface area contributed by atoms with E-state index >= 15 is 0 Å². The van der Waals surface area contributed by atoms with Crippen LogP contribution in [0, 0.1) is 0 Å². The molecule has 0 atom stereocenters. The summed E-state index contributed by atoms with van der Waals surface area (Å²) in [5, 5.41) is 3.29. The summed E-state index contributed by atoms with van der Waals surface area (Å²) in [5.41, 5.74) is 0. The fourth-order valence-corrected chi connectivity index (χ4v) is 1.27. The molecule has 1 N–H and O–H groups in total. The molecule has 1 heterocycles. The van der Waals surface area contributed by atoms with E-state index in [2.05, 4.69) is 22.2 Å². The van der Waals surface area contributed by atoms with E-state index in [0.717, 1.165) is 45.0 Å². The quantitative estimate of drug-likeness (QED) is 0.648. The molecule has 0 amide bonds. The lowest BCUT2D eigenvalue weighted by molar-refractivity contribution is 0.128. The van der Waals surface area contributed by atoms with Crippen LogP contribution in [0.25, 0.3) is 0 Å². The normalized spacial score (nSPS) is 10.6. The summed E-state index contributed by atoms with van der Waals surface area (Å²) in [7, 11) is 0. The van der Waals surface area contributed by atoms with Gasteiger partial charge in [0.25, 0.3) is 0 Å². The fraction of sp³-hybridized carbons (Fsp3) is 0.667. The number of ether oxygens (including phenoxy) is 1. The number of hydrogen-bond acceptors (Lipinski definition) is 4. The summed E-state index contributed by atoms with van der Waals surface area (Å²) < 4.78 is 5.46. The molecule has 16 heavy (non-hydrogen) atoms. The van der Waals surface area contributed by atoms with Gasteiger partial charge in [0.2, 0.25) is 0 Å². The molecule has 1 aromatic rings. The minimum Gasteiger partial charge on any atom is -0.381 e. The van der Waals surface area contributed by atoms with Gasteiger partial charge < -0.3 is 10.1 Å². The summed E-state index contributed by atoms with van der Waals surface area (Å²) >= 11 is 0. The lowest BCUT2D eigenvalue weighted by Crippen LogP contribution is -2.18. The molecule has 1 rings (SSSR count). The maximum Gasteiger partial charge on any atom is 0.141 e. The third-order valence-electron chi connectivity index (χ3n) is 2.19. The van der Waals surface area contributed by atoms with Crippen LogP contribution in [0.5, 0.6) is 0 Å². The van der Waals surface area contributed by atoms with Gasteiger partial charge in [-0.2, -0.15) is 0 Å². The third kappa shape index (κ3) is 6.48. The van der Waals surface area contributed by atoms with Gasteiger partial charge in [0, 0.05) is 25.6 Å². The highest BCUT2D eigenvalue weighted by Crippen LogP contribution is 1.90. The molecular weight excluding hydrogens is 202 g/mol. The van der Waals surface area contributed by atoms with E-state index in [0.29, 0.717) is 0 Å². The highest BCUT2D eigenvalue weighted by atomic mass is 16.5. The molecule has 1 aromatic heterocycles. The number of rotatable bonds is 9. The van der Waals surface area contributed by atoms with Crippen LogP contribution in [-0.4, -0.2) is 29.7 Å². The number of nitrogens with zero attached hydrogens (tertiary/aromatic N) is 2. The Labute approximate surface area is 97.5 Å². The van der Waals surface area contributed by atoms with Crippen LogP contribution in [0.2, 0.25) is 0 Å². The largest absolute Gasteiger partial charge is 0.381 e. The van der Waals surface area contributed by atoms with Gasteiger partial charge in [0.15, 0.2) is 0 Å². The molecule has 0 spiro atoms. The Balaban J connectivity index is 1.89. The Bertz CT molecular complexity index is 254. The summed E-state index contributed by atoms with van der Waals surface area (Å²) in [6.45, 7) is 5.58. The van der Waals surface area contributed by atoms with Crippen LogP contribution >= 0.6 is 0 Å². The van der Waals surface area contributed by atoms with Gasteiger partial charge in [-0.3, -0.25) is 0 Å².